The molecule has 1 rings (SSSR count). The van der Waals surface area contributed by atoms with Gasteiger partial charge in [-0.15, -0.1) is 0 Å². The van der Waals surface area contributed by atoms with Crippen LogP contribution in [0.2, 0.25) is 0 Å². The largest absolute Gasteiger partial charge is 0.345 e. The molecule has 0 spiro atoms. The number of alkyl halides is 1. The van der Waals surface area contributed by atoms with Crippen LogP contribution in [0.5, 0.6) is 0 Å². The summed E-state index contributed by atoms with van der Waals surface area (Å²) in [6, 6.07) is 6.81. The fraction of sp³-hybridized carbons (Fsp3) is 0.333. The van der Waals surface area contributed by atoms with E-state index in [1.165, 1.54) is 4.90 Å². The van der Waals surface area contributed by atoms with Gasteiger partial charge in [0.25, 0.3) is 5.91 Å². The molecule has 0 radical (unpaired) electrons. The monoisotopic (exact) mass is 298 g/mol. The Kier molecular flexibility index (Phi) is 4.69. The summed E-state index contributed by atoms with van der Waals surface area (Å²) in [4.78, 5) is 24.3. The first-order valence-electron chi connectivity index (χ1n) is 5.18. The van der Waals surface area contributed by atoms with Crippen LogP contribution in [0.15, 0.2) is 24.3 Å². The number of rotatable bonds is 3. The Morgan fingerprint density at radius 1 is 1.24 bits per heavy atom. The summed E-state index contributed by atoms with van der Waals surface area (Å²) < 4.78 is 0. The van der Waals surface area contributed by atoms with Gasteiger partial charge >= 0.3 is 0 Å². The Bertz CT molecular complexity index is 413. The number of nitrogens with zero attached hydrogens (tertiary/aromatic N) is 1. The Balaban J connectivity index is 2.75. The minimum absolute atomic E-state index is 0.0586. The molecule has 1 aromatic carbocycles. The standard InChI is InChI=1S/C12H15BrN2O2/c1-8(13)11(16)14-10-6-4-9(5-7-10)12(17)15(2)3/h4-8H,1-3H3,(H,14,16). The number of halogens is 1. The van der Waals surface area contributed by atoms with E-state index in [9.17, 15) is 9.59 Å². The SMILES string of the molecule is CC(Br)C(=O)Nc1ccc(C(=O)N(C)C)cc1. The predicted octanol–water partition coefficient (Wildman–Crippen LogP) is 2.11. The zero-order valence-corrected chi connectivity index (χ0v) is 11.6. The number of benzene rings is 1. The fourth-order valence-electron chi connectivity index (χ4n) is 1.20. The van der Waals surface area contributed by atoms with Crippen molar-refractivity contribution in [1.82, 2.24) is 4.90 Å². The van der Waals surface area contributed by atoms with Crippen LogP contribution in [0.1, 0.15) is 17.3 Å². The lowest BCUT2D eigenvalue weighted by molar-refractivity contribution is -0.115. The lowest BCUT2D eigenvalue weighted by Crippen LogP contribution is -2.22. The van der Waals surface area contributed by atoms with Crippen molar-refractivity contribution in [2.24, 2.45) is 0 Å². The molecule has 0 saturated carbocycles. The molecule has 2 amide bonds. The van der Waals surface area contributed by atoms with E-state index in [-0.39, 0.29) is 16.6 Å². The summed E-state index contributed by atoms with van der Waals surface area (Å²) in [6.45, 7) is 1.75. The highest BCUT2D eigenvalue weighted by atomic mass is 79.9. The Morgan fingerprint density at radius 3 is 2.18 bits per heavy atom. The topological polar surface area (TPSA) is 49.4 Å². The maximum atomic E-state index is 11.6. The van der Waals surface area contributed by atoms with Gasteiger partial charge in [0.2, 0.25) is 5.91 Å². The minimum atomic E-state index is -0.245. The molecular weight excluding hydrogens is 284 g/mol. The van der Waals surface area contributed by atoms with Gasteiger partial charge in [0.1, 0.15) is 0 Å². The summed E-state index contributed by atoms with van der Waals surface area (Å²) in [6.07, 6.45) is 0. The van der Waals surface area contributed by atoms with E-state index in [1.54, 1.807) is 45.3 Å². The van der Waals surface area contributed by atoms with Crippen molar-refractivity contribution in [3.63, 3.8) is 0 Å². The number of carbonyl (C=O) groups excluding carboxylic acids is 2. The van der Waals surface area contributed by atoms with Crippen molar-refractivity contribution in [3.8, 4) is 0 Å². The quantitative estimate of drug-likeness (QED) is 0.869. The fourth-order valence-corrected chi connectivity index (χ4v) is 1.31. The smallest absolute Gasteiger partial charge is 0.253 e. The molecule has 0 bridgehead atoms. The zero-order chi connectivity index (χ0) is 13.0. The van der Waals surface area contributed by atoms with Crippen LogP contribution in [0.4, 0.5) is 5.69 Å². The average molecular weight is 299 g/mol. The summed E-state index contributed by atoms with van der Waals surface area (Å²) in [5, 5.41) is 2.73. The number of nitrogens with one attached hydrogen (secondary N) is 1. The Hall–Kier alpha value is -1.36. The molecule has 1 atom stereocenters. The first-order valence-corrected chi connectivity index (χ1v) is 6.10. The molecule has 92 valence electrons. The molecule has 1 N–H and O–H groups in total. The Labute approximate surface area is 109 Å². The molecule has 5 heteroatoms. The van der Waals surface area contributed by atoms with E-state index in [2.05, 4.69) is 21.2 Å². The average Bonchev–Trinajstić information content (AvgIpc) is 2.28. The third-order valence-corrected chi connectivity index (χ3v) is 2.58. The molecule has 0 saturated heterocycles. The van der Waals surface area contributed by atoms with Crippen molar-refractivity contribution in [3.05, 3.63) is 29.8 Å². The molecule has 0 fully saturated rings. The molecule has 0 heterocycles. The lowest BCUT2D eigenvalue weighted by atomic mass is 10.2. The summed E-state index contributed by atoms with van der Waals surface area (Å²) in [5.74, 6) is -0.173. The zero-order valence-electron chi connectivity index (χ0n) is 10.0. The van der Waals surface area contributed by atoms with Gasteiger partial charge in [0.05, 0.1) is 4.83 Å². The van der Waals surface area contributed by atoms with Crippen molar-refractivity contribution in [2.45, 2.75) is 11.8 Å². The van der Waals surface area contributed by atoms with E-state index in [1.807, 2.05) is 0 Å². The number of hydrogen-bond acceptors (Lipinski definition) is 2. The minimum Gasteiger partial charge on any atom is -0.345 e. The maximum absolute atomic E-state index is 11.6. The summed E-state index contributed by atoms with van der Waals surface area (Å²) in [5.41, 5.74) is 1.27. The highest BCUT2D eigenvalue weighted by Crippen LogP contribution is 2.12. The second kappa shape index (κ2) is 5.82. The lowest BCUT2D eigenvalue weighted by Gasteiger charge is -2.11. The van der Waals surface area contributed by atoms with Crippen LogP contribution >= 0.6 is 15.9 Å². The molecular formula is C12H15BrN2O2. The normalized spacial score (nSPS) is 11.8. The van der Waals surface area contributed by atoms with Gasteiger partial charge in [0.15, 0.2) is 0 Å². The van der Waals surface area contributed by atoms with E-state index in [4.69, 9.17) is 0 Å². The third kappa shape index (κ3) is 3.85. The highest BCUT2D eigenvalue weighted by Gasteiger charge is 2.10. The summed E-state index contributed by atoms with van der Waals surface area (Å²) in [7, 11) is 3.40. The van der Waals surface area contributed by atoms with Gasteiger partial charge in [-0.1, -0.05) is 15.9 Å². The molecule has 0 aliphatic heterocycles. The second-order valence-electron chi connectivity index (χ2n) is 3.88. The van der Waals surface area contributed by atoms with Crippen molar-refractivity contribution in [1.29, 1.82) is 0 Å². The van der Waals surface area contributed by atoms with E-state index >= 15 is 0 Å². The van der Waals surface area contributed by atoms with E-state index in [0.717, 1.165) is 0 Å². The molecule has 0 aromatic heterocycles. The van der Waals surface area contributed by atoms with Gasteiger partial charge in [0, 0.05) is 25.3 Å². The van der Waals surface area contributed by atoms with Crippen LogP contribution in [-0.2, 0) is 4.79 Å². The van der Waals surface area contributed by atoms with E-state index < -0.39 is 0 Å². The van der Waals surface area contributed by atoms with Gasteiger partial charge < -0.3 is 10.2 Å². The maximum Gasteiger partial charge on any atom is 0.253 e. The second-order valence-corrected chi connectivity index (χ2v) is 5.26. The van der Waals surface area contributed by atoms with Gasteiger partial charge in [-0.25, -0.2) is 0 Å². The first-order chi connectivity index (χ1) is 7.91. The molecule has 1 aromatic rings. The third-order valence-electron chi connectivity index (χ3n) is 2.17. The number of hydrogen-bond donors (Lipinski definition) is 1. The molecule has 0 aliphatic rings. The van der Waals surface area contributed by atoms with Crippen molar-refractivity contribution < 1.29 is 9.59 Å². The molecule has 4 nitrogen and oxygen atoms in total. The number of amides is 2. The van der Waals surface area contributed by atoms with Gasteiger partial charge in [-0.05, 0) is 31.2 Å². The highest BCUT2D eigenvalue weighted by molar-refractivity contribution is 9.10. The van der Waals surface area contributed by atoms with Gasteiger partial charge in [-0.3, -0.25) is 9.59 Å². The van der Waals surface area contributed by atoms with E-state index in [0.29, 0.717) is 11.3 Å². The number of carbonyl (C=O) groups is 2. The molecule has 1 unspecified atom stereocenters. The van der Waals surface area contributed by atoms with Crippen LogP contribution in [0.25, 0.3) is 0 Å². The van der Waals surface area contributed by atoms with Crippen molar-refractivity contribution in [2.75, 3.05) is 19.4 Å². The molecule has 0 aliphatic carbocycles. The van der Waals surface area contributed by atoms with Crippen LogP contribution in [0, 0.1) is 0 Å². The van der Waals surface area contributed by atoms with Gasteiger partial charge in [-0.2, -0.15) is 0 Å². The van der Waals surface area contributed by atoms with Crippen molar-refractivity contribution >= 4 is 33.4 Å². The Morgan fingerprint density at radius 2 is 1.76 bits per heavy atom. The predicted molar refractivity (Wildman–Crippen MR) is 71.5 cm³/mol. The summed E-state index contributed by atoms with van der Waals surface area (Å²) >= 11 is 3.18. The first kappa shape index (κ1) is 13.7. The van der Waals surface area contributed by atoms with Crippen LogP contribution in [-0.4, -0.2) is 35.6 Å². The van der Waals surface area contributed by atoms with Crippen LogP contribution < -0.4 is 5.32 Å². The number of anilines is 1. The molecule has 17 heavy (non-hydrogen) atoms. The van der Waals surface area contributed by atoms with Crippen LogP contribution in [0.3, 0.4) is 0 Å².